The van der Waals surface area contributed by atoms with Crippen molar-refractivity contribution in [3.63, 3.8) is 0 Å². The number of hydrogen-bond donors (Lipinski definition) is 1. The number of hydrogen-bond acceptors (Lipinski definition) is 3. The van der Waals surface area contributed by atoms with Crippen molar-refractivity contribution in [2.45, 2.75) is 71.4 Å². The van der Waals surface area contributed by atoms with Gasteiger partial charge in [0.2, 0.25) is 0 Å². The SMILES string of the molecule is CC[C@H](N)C1(CC)CCC(Oc2cc(C)cc3cnccc23)CC1. The van der Waals surface area contributed by atoms with Crippen molar-refractivity contribution in [1.29, 1.82) is 0 Å². The zero-order chi connectivity index (χ0) is 17.2. The number of benzene rings is 1. The van der Waals surface area contributed by atoms with Crippen LogP contribution in [-0.4, -0.2) is 17.1 Å². The lowest BCUT2D eigenvalue weighted by atomic mass is 9.66. The second-order valence-corrected chi connectivity index (χ2v) is 7.41. The average molecular weight is 326 g/mol. The van der Waals surface area contributed by atoms with Gasteiger partial charge in [-0.1, -0.05) is 13.8 Å². The minimum absolute atomic E-state index is 0.298. The molecule has 1 aromatic carbocycles. The summed E-state index contributed by atoms with van der Waals surface area (Å²) in [6.45, 7) is 6.61. The molecule has 1 aliphatic carbocycles. The summed E-state index contributed by atoms with van der Waals surface area (Å²) in [5, 5.41) is 2.31. The quantitative estimate of drug-likeness (QED) is 0.841. The maximum Gasteiger partial charge on any atom is 0.127 e. The highest BCUT2D eigenvalue weighted by molar-refractivity contribution is 5.88. The molecule has 1 fully saturated rings. The third-order valence-corrected chi connectivity index (χ3v) is 6.01. The Kier molecular flexibility index (Phi) is 5.09. The van der Waals surface area contributed by atoms with E-state index in [1.165, 1.54) is 24.8 Å². The van der Waals surface area contributed by atoms with Crippen LogP contribution in [0.2, 0.25) is 0 Å². The first-order valence-corrected chi connectivity index (χ1v) is 9.34. The molecule has 24 heavy (non-hydrogen) atoms. The van der Waals surface area contributed by atoms with Crippen LogP contribution in [0, 0.1) is 12.3 Å². The predicted octanol–water partition coefficient (Wildman–Crippen LogP) is 5.00. The van der Waals surface area contributed by atoms with Crippen LogP contribution in [0.4, 0.5) is 0 Å². The van der Waals surface area contributed by atoms with Crippen LogP contribution < -0.4 is 10.5 Å². The molecule has 1 saturated carbocycles. The monoisotopic (exact) mass is 326 g/mol. The van der Waals surface area contributed by atoms with Gasteiger partial charge in [0.1, 0.15) is 5.75 Å². The van der Waals surface area contributed by atoms with E-state index in [1.807, 2.05) is 12.4 Å². The Morgan fingerprint density at radius 3 is 2.71 bits per heavy atom. The highest BCUT2D eigenvalue weighted by Gasteiger charge is 2.38. The normalized spacial score (nSPS) is 25.6. The molecule has 130 valence electrons. The third-order valence-electron chi connectivity index (χ3n) is 6.01. The van der Waals surface area contributed by atoms with Crippen molar-refractivity contribution < 1.29 is 4.74 Å². The number of ether oxygens (including phenoxy) is 1. The smallest absolute Gasteiger partial charge is 0.127 e. The minimum Gasteiger partial charge on any atom is -0.490 e. The molecule has 2 N–H and O–H groups in total. The fourth-order valence-electron chi connectivity index (χ4n) is 4.30. The van der Waals surface area contributed by atoms with Gasteiger partial charge < -0.3 is 10.5 Å². The molecule has 1 aliphatic rings. The van der Waals surface area contributed by atoms with Crippen LogP contribution in [-0.2, 0) is 0 Å². The summed E-state index contributed by atoms with van der Waals surface area (Å²) < 4.78 is 6.43. The van der Waals surface area contributed by atoms with E-state index >= 15 is 0 Å². The van der Waals surface area contributed by atoms with E-state index in [2.05, 4.69) is 44.0 Å². The molecule has 0 unspecified atom stereocenters. The van der Waals surface area contributed by atoms with Crippen molar-refractivity contribution in [3.05, 3.63) is 36.2 Å². The molecule has 1 heterocycles. The first kappa shape index (κ1) is 17.2. The van der Waals surface area contributed by atoms with Crippen molar-refractivity contribution >= 4 is 10.8 Å². The van der Waals surface area contributed by atoms with E-state index in [-0.39, 0.29) is 0 Å². The lowest BCUT2D eigenvalue weighted by Crippen LogP contribution is -2.45. The molecule has 3 nitrogen and oxygen atoms in total. The van der Waals surface area contributed by atoms with Gasteiger partial charge >= 0.3 is 0 Å². The summed E-state index contributed by atoms with van der Waals surface area (Å²) in [5.41, 5.74) is 7.97. The molecule has 0 radical (unpaired) electrons. The Balaban J connectivity index is 1.75. The number of nitrogens with two attached hydrogens (primary N) is 1. The summed E-state index contributed by atoms with van der Waals surface area (Å²) in [5.74, 6) is 1.00. The van der Waals surface area contributed by atoms with E-state index in [9.17, 15) is 0 Å². The number of aromatic nitrogens is 1. The maximum absolute atomic E-state index is 6.44. The Hall–Kier alpha value is -1.61. The van der Waals surface area contributed by atoms with Crippen molar-refractivity contribution in [2.24, 2.45) is 11.1 Å². The van der Waals surface area contributed by atoms with Gasteiger partial charge in [0.25, 0.3) is 0 Å². The van der Waals surface area contributed by atoms with Crippen molar-refractivity contribution in [3.8, 4) is 5.75 Å². The van der Waals surface area contributed by atoms with Crippen molar-refractivity contribution in [1.82, 2.24) is 4.98 Å². The molecule has 0 bridgehead atoms. The number of fused-ring (bicyclic) bond motifs is 1. The molecule has 3 rings (SSSR count). The number of pyridine rings is 1. The lowest BCUT2D eigenvalue weighted by Gasteiger charge is -2.43. The first-order chi connectivity index (χ1) is 11.6. The molecule has 0 saturated heterocycles. The third kappa shape index (κ3) is 3.27. The van der Waals surface area contributed by atoms with Gasteiger partial charge in [-0.3, -0.25) is 4.98 Å². The molecule has 2 aromatic rings. The minimum atomic E-state index is 0.298. The van der Waals surface area contributed by atoms with E-state index in [0.717, 1.165) is 35.8 Å². The summed E-state index contributed by atoms with van der Waals surface area (Å²) in [6.07, 6.45) is 10.8. The average Bonchev–Trinajstić information content (AvgIpc) is 2.61. The van der Waals surface area contributed by atoms with Gasteiger partial charge in [-0.05, 0) is 74.6 Å². The van der Waals surface area contributed by atoms with Crippen LogP contribution in [0.5, 0.6) is 5.75 Å². The second-order valence-electron chi connectivity index (χ2n) is 7.41. The Bertz CT molecular complexity index is 689. The summed E-state index contributed by atoms with van der Waals surface area (Å²) in [7, 11) is 0. The topological polar surface area (TPSA) is 48.1 Å². The lowest BCUT2D eigenvalue weighted by molar-refractivity contribution is 0.0575. The first-order valence-electron chi connectivity index (χ1n) is 9.34. The number of rotatable bonds is 5. The van der Waals surface area contributed by atoms with Gasteiger partial charge in [0, 0.05) is 29.2 Å². The summed E-state index contributed by atoms with van der Waals surface area (Å²) in [4.78, 5) is 4.23. The van der Waals surface area contributed by atoms with Crippen LogP contribution >= 0.6 is 0 Å². The Labute approximate surface area is 145 Å². The largest absolute Gasteiger partial charge is 0.490 e. The fourth-order valence-corrected chi connectivity index (χ4v) is 4.30. The summed E-state index contributed by atoms with van der Waals surface area (Å²) in [6, 6.07) is 6.69. The maximum atomic E-state index is 6.44. The Morgan fingerprint density at radius 2 is 2.04 bits per heavy atom. The van der Waals surface area contributed by atoms with Gasteiger partial charge in [0.15, 0.2) is 0 Å². The van der Waals surface area contributed by atoms with Gasteiger partial charge in [-0.2, -0.15) is 0 Å². The fraction of sp³-hybridized carbons (Fsp3) is 0.571. The van der Waals surface area contributed by atoms with Crippen LogP contribution in [0.25, 0.3) is 10.8 Å². The van der Waals surface area contributed by atoms with Crippen LogP contribution in [0.15, 0.2) is 30.6 Å². The predicted molar refractivity (Wildman–Crippen MR) is 100 cm³/mol. The van der Waals surface area contributed by atoms with E-state index in [4.69, 9.17) is 10.5 Å². The van der Waals surface area contributed by atoms with Gasteiger partial charge in [0.05, 0.1) is 6.10 Å². The molecule has 0 spiro atoms. The highest BCUT2D eigenvalue weighted by Crippen LogP contribution is 2.43. The van der Waals surface area contributed by atoms with Gasteiger partial charge in [-0.15, -0.1) is 0 Å². The second kappa shape index (κ2) is 7.10. The van der Waals surface area contributed by atoms with E-state index in [1.54, 1.807) is 0 Å². The standard InChI is InChI=1S/C21H30N2O/c1-4-20(22)21(5-2)9-6-17(7-10-21)24-19-13-15(3)12-16-14-23-11-8-18(16)19/h8,11-14,17,20H,4-7,9-10,22H2,1-3H3/t17?,20-,21?/m0/s1. The summed E-state index contributed by atoms with van der Waals surface area (Å²) >= 11 is 0. The zero-order valence-electron chi connectivity index (χ0n) is 15.2. The van der Waals surface area contributed by atoms with Crippen LogP contribution in [0.3, 0.4) is 0 Å². The number of nitrogens with zero attached hydrogens (tertiary/aromatic N) is 1. The zero-order valence-corrected chi connectivity index (χ0v) is 15.2. The molecular formula is C21H30N2O. The van der Waals surface area contributed by atoms with Crippen LogP contribution in [0.1, 0.15) is 57.9 Å². The molecular weight excluding hydrogens is 296 g/mol. The Morgan fingerprint density at radius 1 is 1.29 bits per heavy atom. The van der Waals surface area contributed by atoms with Gasteiger partial charge in [-0.25, -0.2) is 0 Å². The van der Waals surface area contributed by atoms with E-state index in [0.29, 0.717) is 17.6 Å². The number of aryl methyl sites for hydroxylation is 1. The molecule has 1 aromatic heterocycles. The van der Waals surface area contributed by atoms with E-state index < -0.39 is 0 Å². The molecule has 0 amide bonds. The highest BCUT2D eigenvalue weighted by atomic mass is 16.5. The molecule has 3 heteroatoms. The van der Waals surface area contributed by atoms with Crippen molar-refractivity contribution in [2.75, 3.05) is 0 Å². The molecule has 0 aliphatic heterocycles. The molecule has 1 atom stereocenters.